The van der Waals surface area contributed by atoms with Crippen molar-refractivity contribution in [1.82, 2.24) is 10.2 Å². The molecule has 1 heterocycles. The topological polar surface area (TPSA) is 89.9 Å². The van der Waals surface area contributed by atoms with Crippen LogP contribution in [0.15, 0.2) is 35.6 Å². The second-order valence-corrected chi connectivity index (χ2v) is 5.68. The summed E-state index contributed by atoms with van der Waals surface area (Å²) in [7, 11) is 0. The number of carbonyl (C=O) groups is 2. The van der Waals surface area contributed by atoms with Gasteiger partial charge in [0.1, 0.15) is 0 Å². The fourth-order valence-electron chi connectivity index (χ4n) is 2.64. The number of aliphatic hydroxyl groups is 2. The predicted octanol–water partition coefficient (Wildman–Crippen LogP) is 1.21. The van der Waals surface area contributed by atoms with Crippen molar-refractivity contribution in [3.63, 3.8) is 0 Å². The highest BCUT2D eigenvalue weighted by Crippen LogP contribution is 2.37. The fraction of sp³-hybridized carbons (Fsp3) is 0.375. The van der Waals surface area contributed by atoms with E-state index in [0.29, 0.717) is 30.2 Å². The van der Waals surface area contributed by atoms with E-state index in [4.69, 9.17) is 16.7 Å². The molecule has 0 saturated carbocycles. The van der Waals surface area contributed by atoms with Crippen LogP contribution in [0.5, 0.6) is 0 Å². The molecular formula is C16H19ClN2O4. The lowest BCUT2D eigenvalue weighted by Crippen LogP contribution is -2.37. The standard InChI is InChI=1S/C16H19ClN2O4/c1-10(21)13-14(11-2-4-12(17)5-3-11)19(16(23)15(13)22)8-6-18-7-9-20/h2-5,14,18,20,22H,6-9H2,1H3. The van der Waals surface area contributed by atoms with Gasteiger partial charge in [0.15, 0.2) is 11.5 Å². The van der Waals surface area contributed by atoms with E-state index in [0.717, 1.165) is 0 Å². The van der Waals surface area contributed by atoms with Gasteiger partial charge in [-0.25, -0.2) is 0 Å². The summed E-state index contributed by atoms with van der Waals surface area (Å²) in [5, 5.41) is 22.4. The minimum Gasteiger partial charge on any atom is -0.503 e. The lowest BCUT2D eigenvalue weighted by Gasteiger charge is -2.26. The van der Waals surface area contributed by atoms with Crippen molar-refractivity contribution in [2.45, 2.75) is 13.0 Å². The molecule has 0 aromatic heterocycles. The van der Waals surface area contributed by atoms with Gasteiger partial charge in [-0.3, -0.25) is 9.59 Å². The highest BCUT2D eigenvalue weighted by atomic mass is 35.5. The number of hydrogen-bond donors (Lipinski definition) is 3. The van der Waals surface area contributed by atoms with E-state index >= 15 is 0 Å². The molecule has 0 bridgehead atoms. The zero-order valence-electron chi connectivity index (χ0n) is 12.8. The Bertz CT molecular complexity index is 627. The highest BCUT2D eigenvalue weighted by Gasteiger charge is 2.41. The predicted molar refractivity (Wildman–Crippen MR) is 86.2 cm³/mol. The lowest BCUT2D eigenvalue weighted by molar-refractivity contribution is -0.129. The molecule has 1 aromatic rings. The molecule has 7 heteroatoms. The summed E-state index contributed by atoms with van der Waals surface area (Å²) in [4.78, 5) is 25.6. The zero-order chi connectivity index (χ0) is 17.0. The van der Waals surface area contributed by atoms with Gasteiger partial charge in [-0.2, -0.15) is 0 Å². The maximum Gasteiger partial charge on any atom is 0.290 e. The van der Waals surface area contributed by atoms with Crippen LogP contribution in [0.1, 0.15) is 18.5 Å². The zero-order valence-corrected chi connectivity index (χ0v) is 13.5. The van der Waals surface area contributed by atoms with E-state index in [2.05, 4.69) is 5.32 Å². The van der Waals surface area contributed by atoms with Crippen LogP contribution in [0.3, 0.4) is 0 Å². The Labute approximate surface area is 139 Å². The fourth-order valence-corrected chi connectivity index (χ4v) is 2.76. The summed E-state index contributed by atoms with van der Waals surface area (Å²) in [5.74, 6) is -1.41. The van der Waals surface area contributed by atoms with Gasteiger partial charge in [-0.15, -0.1) is 0 Å². The number of Topliss-reactive ketones (excluding diaryl/α,β-unsaturated/α-hetero) is 1. The second kappa shape index (κ2) is 7.59. The molecule has 124 valence electrons. The van der Waals surface area contributed by atoms with Crippen molar-refractivity contribution < 1.29 is 19.8 Å². The SMILES string of the molecule is CC(=O)C1=C(O)C(=O)N(CCNCCO)C1c1ccc(Cl)cc1. The Morgan fingerprint density at radius 1 is 1.30 bits per heavy atom. The van der Waals surface area contributed by atoms with Crippen LogP contribution in [-0.4, -0.2) is 53.0 Å². The third-order valence-electron chi connectivity index (χ3n) is 3.69. The normalized spacial score (nSPS) is 18.0. The number of halogens is 1. The van der Waals surface area contributed by atoms with Crippen molar-refractivity contribution in [2.75, 3.05) is 26.2 Å². The molecule has 23 heavy (non-hydrogen) atoms. The van der Waals surface area contributed by atoms with Crippen molar-refractivity contribution in [3.8, 4) is 0 Å². The summed E-state index contributed by atoms with van der Waals surface area (Å²) < 4.78 is 0. The first kappa shape index (κ1) is 17.5. The number of benzene rings is 1. The number of hydrogen-bond acceptors (Lipinski definition) is 5. The van der Waals surface area contributed by atoms with E-state index in [1.54, 1.807) is 24.3 Å². The monoisotopic (exact) mass is 338 g/mol. The molecular weight excluding hydrogens is 320 g/mol. The first-order valence-electron chi connectivity index (χ1n) is 7.29. The molecule has 0 fully saturated rings. The van der Waals surface area contributed by atoms with Gasteiger partial charge in [0.05, 0.1) is 18.2 Å². The average molecular weight is 339 g/mol. The molecule has 0 radical (unpaired) electrons. The number of aliphatic hydroxyl groups excluding tert-OH is 2. The number of nitrogens with one attached hydrogen (secondary N) is 1. The van der Waals surface area contributed by atoms with Crippen LogP contribution in [-0.2, 0) is 9.59 Å². The molecule has 0 aliphatic carbocycles. The number of ketones is 1. The van der Waals surface area contributed by atoms with Crippen molar-refractivity contribution in [3.05, 3.63) is 46.2 Å². The molecule has 6 nitrogen and oxygen atoms in total. The third-order valence-corrected chi connectivity index (χ3v) is 3.94. The van der Waals surface area contributed by atoms with Crippen LogP contribution < -0.4 is 5.32 Å². The van der Waals surface area contributed by atoms with E-state index in [9.17, 15) is 14.7 Å². The quantitative estimate of drug-likeness (QED) is 0.650. The first-order valence-corrected chi connectivity index (χ1v) is 7.67. The Kier molecular flexibility index (Phi) is 5.76. The van der Waals surface area contributed by atoms with Gasteiger partial charge >= 0.3 is 0 Å². The average Bonchev–Trinajstić information content (AvgIpc) is 2.77. The highest BCUT2D eigenvalue weighted by molar-refractivity contribution is 6.30. The minimum absolute atomic E-state index is 0.00322. The summed E-state index contributed by atoms with van der Waals surface area (Å²) in [6, 6.07) is 6.19. The van der Waals surface area contributed by atoms with Crippen LogP contribution in [0.4, 0.5) is 0 Å². The molecule has 1 aliphatic rings. The smallest absolute Gasteiger partial charge is 0.290 e. The van der Waals surface area contributed by atoms with Gasteiger partial charge in [0, 0.05) is 24.7 Å². The molecule has 0 spiro atoms. The molecule has 1 atom stereocenters. The van der Waals surface area contributed by atoms with Crippen LogP contribution in [0.2, 0.25) is 5.02 Å². The van der Waals surface area contributed by atoms with Gasteiger partial charge in [-0.05, 0) is 24.6 Å². The second-order valence-electron chi connectivity index (χ2n) is 5.24. The molecule has 1 aromatic carbocycles. The van der Waals surface area contributed by atoms with E-state index in [1.165, 1.54) is 11.8 Å². The van der Waals surface area contributed by atoms with E-state index in [1.807, 2.05) is 0 Å². The Morgan fingerprint density at radius 3 is 2.52 bits per heavy atom. The summed E-state index contributed by atoms with van der Waals surface area (Å²) >= 11 is 5.89. The largest absolute Gasteiger partial charge is 0.503 e. The van der Waals surface area contributed by atoms with Crippen molar-refractivity contribution >= 4 is 23.3 Å². The third kappa shape index (κ3) is 3.72. The molecule has 1 amide bonds. The number of rotatable bonds is 7. The van der Waals surface area contributed by atoms with Gasteiger partial charge in [0.25, 0.3) is 5.91 Å². The molecule has 0 saturated heterocycles. The summed E-state index contributed by atoms with van der Waals surface area (Å²) in [6.07, 6.45) is 0. The number of carbonyl (C=O) groups excluding carboxylic acids is 2. The molecule has 1 unspecified atom stereocenters. The molecule has 3 N–H and O–H groups in total. The Hall–Kier alpha value is -1.89. The Morgan fingerprint density at radius 2 is 1.96 bits per heavy atom. The van der Waals surface area contributed by atoms with Crippen molar-refractivity contribution in [2.24, 2.45) is 0 Å². The van der Waals surface area contributed by atoms with Gasteiger partial charge in [-0.1, -0.05) is 23.7 Å². The summed E-state index contributed by atoms with van der Waals surface area (Å²) in [5.41, 5.74) is 0.804. The maximum atomic E-state index is 12.3. The number of amides is 1. The lowest BCUT2D eigenvalue weighted by atomic mass is 9.97. The summed E-state index contributed by atoms with van der Waals surface area (Å²) in [6.45, 7) is 2.47. The number of nitrogens with zero attached hydrogens (tertiary/aromatic N) is 1. The van der Waals surface area contributed by atoms with E-state index in [-0.39, 0.29) is 18.0 Å². The minimum atomic E-state index is -0.631. The molecule has 2 rings (SSSR count). The van der Waals surface area contributed by atoms with Crippen LogP contribution in [0.25, 0.3) is 0 Å². The van der Waals surface area contributed by atoms with Crippen LogP contribution in [0, 0.1) is 0 Å². The maximum absolute atomic E-state index is 12.3. The van der Waals surface area contributed by atoms with Crippen LogP contribution >= 0.6 is 11.6 Å². The molecule has 1 aliphatic heterocycles. The van der Waals surface area contributed by atoms with Crippen molar-refractivity contribution in [1.29, 1.82) is 0 Å². The van der Waals surface area contributed by atoms with Gasteiger partial charge < -0.3 is 20.4 Å². The first-order chi connectivity index (χ1) is 11.0. The van der Waals surface area contributed by atoms with E-state index < -0.39 is 17.7 Å². The Balaban J connectivity index is 2.31. The van der Waals surface area contributed by atoms with Gasteiger partial charge in [0.2, 0.25) is 0 Å².